The Labute approximate surface area is 205 Å². The van der Waals surface area contributed by atoms with E-state index in [1.54, 1.807) is 18.4 Å². The van der Waals surface area contributed by atoms with E-state index in [0.29, 0.717) is 18.5 Å². The van der Waals surface area contributed by atoms with Gasteiger partial charge in [0.1, 0.15) is 0 Å². The van der Waals surface area contributed by atoms with Crippen LogP contribution in [0.25, 0.3) is 0 Å². The van der Waals surface area contributed by atoms with Crippen LogP contribution in [0.3, 0.4) is 0 Å². The van der Waals surface area contributed by atoms with Gasteiger partial charge in [-0.2, -0.15) is 0 Å². The zero-order valence-corrected chi connectivity index (χ0v) is 20.0. The summed E-state index contributed by atoms with van der Waals surface area (Å²) >= 11 is 6.50. The lowest BCUT2D eigenvalue weighted by molar-refractivity contribution is 0.0556. The van der Waals surface area contributed by atoms with Crippen molar-refractivity contribution in [1.29, 1.82) is 0 Å². The molecule has 0 saturated carbocycles. The average molecular weight is 481 g/mol. The fourth-order valence-corrected chi connectivity index (χ4v) is 5.24. The zero-order valence-electron chi connectivity index (χ0n) is 19.3. The van der Waals surface area contributed by atoms with E-state index in [0.717, 1.165) is 61.0 Å². The molecular weight excluding hydrogens is 452 g/mol. The van der Waals surface area contributed by atoms with Crippen molar-refractivity contribution in [2.75, 3.05) is 26.9 Å². The van der Waals surface area contributed by atoms with Crippen molar-refractivity contribution in [2.45, 2.75) is 31.8 Å². The minimum atomic E-state index is -0.0927. The van der Waals surface area contributed by atoms with Crippen molar-refractivity contribution in [2.24, 2.45) is 5.92 Å². The molecule has 0 aliphatic carbocycles. The Morgan fingerprint density at radius 3 is 2.65 bits per heavy atom. The van der Waals surface area contributed by atoms with Crippen LogP contribution in [0.4, 0.5) is 0 Å². The maximum atomic E-state index is 13.1. The molecule has 1 aromatic heterocycles. The standard InChI is InChI=1S/C27H29ClN2O4/c1-29(27(31)25-7-4-14-32-25)23(16-21-5-2-3-6-22(21)28)20-10-12-30(13-11-20)17-19-8-9-24-26(15-19)34-18-33-24/h2-9,14-15,20,23H,10-13,16-18H2,1H3/t23-/m0/s1. The molecule has 2 aromatic carbocycles. The summed E-state index contributed by atoms with van der Waals surface area (Å²) in [6.07, 6.45) is 4.28. The van der Waals surface area contributed by atoms with Gasteiger partial charge in [-0.05, 0) is 79.7 Å². The van der Waals surface area contributed by atoms with Gasteiger partial charge in [0.2, 0.25) is 6.79 Å². The zero-order chi connectivity index (χ0) is 23.5. The SMILES string of the molecule is CN(C(=O)c1ccco1)[C@@H](Cc1ccccc1Cl)C1CCN(Cc2ccc3c(c2)OCO3)CC1. The Morgan fingerprint density at radius 1 is 1.09 bits per heavy atom. The topological polar surface area (TPSA) is 55.2 Å². The van der Waals surface area contributed by atoms with Crippen LogP contribution in [0.2, 0.25) is 5.02 Å². The molecule has 0 spiro atoms. The van der Waals surface area contributed by atoms with Crippen molar-refractivity contribution in [1.82, 2.24) is 9.80 Å². The van der Waals surface area contributed by atoms with Gasteiger partial charge in [0.15, 0.2) is 17.3 Å². The highest BCUT2D eigenvalue weighted by atomic mass is 35.5. The number of rotatable bonds is 7. The number of hydrogen-bond donors (Lipinski definition) is 0. The minimum Gasteiger partial charge on any atom is -0.459 e. The maximum Gasteiger partial charge on any atom is 0.289 e. The van der Waals surface area contributed by atoms with Crippen LogP contribution in [-0.2, 0) is 13.0 Å². The van der Waals surface area contributed by atoms with Crippen molar-refractivity contribution in [3.63, 3.8) is 0 Å². The molecule has 1 saturated heterocycles. The number of fused-ring (bicyclic) bond motifs is 1. The van der Waals surface area contributed by atoms with E-state index in [9.17, 15) is 4.79 Å². The van der Waals surface area contributed by atoms with Gasteiger partial charge in [0.25, 0.3) is 5.91 Å². The highest BCUT2D eigenvalue weighted by Gasteiger charge is 2.33. The molecule has 3 aromatic rings. The van der Waals surface area contributed by atoms with Crippen LogP contribution < -0.4 is 9.47 Å². The molecule has 0 radical (unpaired) electrons. The molecule has 0 unspecified atom stereocenters. The predicted molar refractivity (Wildman–Crippen MR) is 130 cm³/mol. The fourth-order valence-electron chi connectivity index (χ4n) is 5.03. The third kappa shape index (κ3) is 4.93. The lowest BCUT2D eigenvalue weighted by atomic mass is 9.84. The van der Waals surface area contributed by atoms with Crippen molar-refractivity contribution < 1.29 is 18.7 Å². The number of hydrogen-bond acceptors (Lipinski definition) is 5. The van der Waals surface area contributed by atoms with E-state index in [2.05, 4.69) is 23.1 Å². The second kappa shape index (κ2) is 10.1. The second-order valence-corrected chi connectivity index (χ2v) is 9.46. The highest BCUT2D eigenvalue weighted by molar-refractivity contribution is 6.31. The second-order valence-electron chi connectivity index (χ2n) is 9.06. The van der Waals surface area contributed by atoms with Crippen LogP contribution in [0.1, 0.15) is 34.5 Å². The molecule has 0 bridgehead atoms. The van der Waals surface area contributed by atoms with Crippen molar-refractivity contribution in [3.8, 4) is 11.5 Å². The van der Waals surface area contributed by atoms with Crippen LogP contribution in [0.15, 0.2) is 65.3 Å². The molecule has 0 N–H and O–H groups in total. The number of piperidine rings is 1. The monoisotopic (exact) mass is 480 g/mol. The van der Waals surface area contributed by atoms with Gasteiger partial charge in [-0.1, -0.05) is 35.9 Å². The van der Waals surface area contributed by atoms with Crippen molar-refractivity contribution in [3.05, 3.63) is 82.8 Å². The average Bonchev–Trinajstić information content (AvgIpc) is 3.55. The first-order valence-electron chi connectivity index (χ1n) is 11.7. The Kier molecular flexibility index (Phi) is 6.79. The fraction of sp³-hybridized carbons (Fsp3) is 0.370. The number of amides is 1. The molecule has 2 aliphatic heterocycles. The third-order valence-corrected chi connectivity index (χ3v) is 7.32. The van der Waals surface area contributed by atoms with E-state index in [-0.39, 0.29) is 11.9 Å². The summed E-state index contributed by atoms with van der Waals surface area (Å²) in [6.45, 7) is 3.11. The van der Waals surface area contributed by atoms with Crippen LogP contribution in [0.5, 0.6) is 11.5 Å². The summed E-state index contributed by atoms with van der Waals surface area (Å²) in [5.41, 5.74) is 2.29. The van der Waals surface area contributed by atoms with Crippen molar-refractivity contribution >= 4 is 17.5 Å². The van der Waals surface area contributed by atoms with Gasteiger partial charge in [-0.3, -0.25) is 9.69 Å². The number of carbonyl (C=O) groups is 1. The van der Waals surface area contributed by atoms with Gasteiger partial charge >= 0.3 is 0 Å². The summed E-state index contributed by atoms with van der Waals surface area (Å²) in [7, 11) is 1.88. The van der Waals surface area contributed by atoms with Crippen LogP contribution in [-0.4, -0.2) is 48.7 Å². The normalized spacial score (nSPS) is 17.0. The third-order valence-electron chi connectivity index (χ3n) is 6.96. The maximum absolute atomic E-state index is 13.1. The molecular formula is C27H29ClN2O4. The molecule has 2 aliphatic rings. The van der Waals surface area contributed by atoms with E-state index >= 15 is 0 Å². The van der Waals surface area contributed by atoms with Crippen LogP contribution in [0, 0.1) is 5.92 Å². The summed E-state index contributed by atoms with van der Waals surface area (Å²) in [5.74, 6) is 2.28. The number of benzene rings is 2. The molecule has 1 atom stereocenters. The molecule has 1 amide bonds. The smallest absolute Gasteiger partial charge is 0.289 e. The molecule has 3 heterocycles. The van der Waals surface area contributed by atoms with E-state index in [1.807, 2.05) is 36.2 Å². The quantitative estimate of drug-likeness (QED) is 0.462. The highest BCUT2D eigenvalue weighted by Crippen LogP contribution is 2.34. The summed E-state index contributed by atoms with van der Waals surface area (Å²) in [4.78, 5) is 17.4. The Hall–Kier alpha value is -2.96. The molecule has 7 heteroatoms. The molecule has 178 valence electrons. The lowest BCUT2D eigenvalue weighted by Gasteiger charge is -2.40. The minimum absolute atomic E-state index is 0.0326. The largest absolute Gasteiger partial charge is 0.459 e. The first-order valence-corrected chi connectivity index (χ1v) is 12.1. The molecule has 5 rings (SSSR count). The molecule has 1 fully saturated rings. The number of likely N-dealkylation sites (N-methyl/N-ethyl adjacent to an activating group) is 1. The van der Waals surface area contributed by atoms with E-state index in [1.165, 1.54) is 5.56 Å². The number of ether oxygens (including phenoxy) is 2. The summed E-state index contributed by atoms with van der Waals surface area (Å²) < 4.78 is 16.3. The molecule has 6 nitrogen and oxygen atoms in total. The number of likely N-dealkylation sites (tertiary alicyclic amines) is 1. The first-order chi connectivity index (χ1) is 16.6. The predicted octanol–water partition coefficient (Wildman–Crippen LogP) is 5.26. The number of carbonyl (C=O) groups excluding carboxylic acids is 1. The van der Waals surface area contributed by atoms with Gasteiger partial charge in [0, 0.05) is 24.7 Å². The van der Waals surface area contributed by atoms with E-state index in [4.69, 9.17) is 25.5 Å². The summed E-state index contributed by atoms with van der Waals surface area (Å²) in [6, 6.07) is 17.6. The first kappa shape index (κ1) is 22.8. The van der Waals surface area contributed by atoms with Gasteiger partial charge < -0.3 is 18.8 Å². The van der Waals surface area contributed by atoms with Gasteiger partial charge in [-0.25, -0.2) is 0 Å². The summed E-state index contributed by atoms with van der Waals surface area (Å²) in [5, 5.41) is 0.742. The molecule has 34 heavy (non-hydrogen) atoms. The Bertz CT molecular complexity index is 1130. The number of halogens is 1. The number of nitrogens with zero attached hydrogens (tertiary/aromatic N) is 2. The van der Waals surface area contributed by atoms with Gasteiger partial charge in [0.05, 0.1) is 6.26 Å². The Morgan fingerprint density at radius 2 is 1.88 bits per heavy atom. The number of furan rings is 1. The Balaban J connectivity index is 1.27. The van der Waals surface area contributed by atoms with Gasteiger partial charge in [-0.15, -0.1) is 0 Å². The van der Waals surface area contributed by atoms with E-state index < -0.39 is 0 Å². The van der Waals surface area contributed by atoms with Crippen LogP contribution >= 0.6 is 11.6 Å². The lowest BCUT2D eigenvalue weighted by Crippen LogP contribution is -2.47.